The predicted molar refractivity (Wildman–Crippen MR) is 101 cm³/mol. The first-order valence-corrected chi connectivity index (χ1v) is 9.46. The Morgan fingerprint density at radius 1 is 1.21 bits per heavy atom. The van der Waals surface area contributed by atoms with Gasteiger partial charge in [0.1, 0.15) is 22.9 Å². The molecule has 0 unspecified atom stereocenters. The summed E-state index contributed by atoms with van der Waals surface area (Å²) < 4.78 is 9.06. The lowest BCUT2D eigenvalue weighted by molar-refractivity contribution is -0.144. The molecule has 142 valence electrons. The van der Waals surface area contributed by atoms with Crippen molar-refractivity contribution < 1.29 is 9.53 Å². The Morgan fingerprint density at radius 2 is 2.04 bits per heavy atom. The Kier molecular flexibility index (Phi) is 3.83. The Balaban J connectivity index is 1.37. The van der Waals surface area contributed by atoms with E-state index >= 15 is 0 Å². The monoisotopic (exact) mass is 376 g/mol. The fourth-order valence-electron chi connectivity index (χ4n) is 3.88. The minimum Gasteiger partial charge on any atom is -0.494 e. The third-order valence-corrected chi connectivity index (χ3v) is 5.85. The van der Waals surface area contributed by atoms with Crippen molar-refractivity contribution in [1.29, 1.82) is 5.26 Å². The van der Waals surface area contributed by atoms with Gasteiger partial charge in [0.05, 0.1) is 25.5 Å². The number of pyridine rings is 1. The zero-order chi connectivity index (χ0) is 19.3. The quantitative estimate of drug-likeness (QED) is 0.697. The zero-order valence-corrected chi connectivity index (χ0v) is 15.6. The van der Waals surface area contributed by atoms with Gasteiger partial charge in [0, 0.05) is 42.5 Å². The molecule has 0 N–H and O–H groups in total. The van der Waals surface area contributed by atoms with Crippen LogP contribution in [0.25, 0.3) is 16.6 Å². The molecular weight excluding hydrogens is 356 g/mol. The van der Waals surface area contributed by atoms with Crippen LogP contribution in [-0.4, -0.2) is 50.4 Å². The van der Waals surface area contributed by atoms with E-state index < -0.39 is 0 Å². The number of fused-ring (bicyclic) bond motifs is 1. The number of methoxy groups -OCH3 is 1. The summed E-state index contributed by atoms with van der Waals surface area (Å²) in [7, 11) is 1.58. The maximum Gasteiger partial charge on any atom is 0.225 e. The van der Waals surface area contributed by atoms with Crippen molar-refractivity contribution in [2.75, 3.05) is 20.2 Å². The van der Waals surface area contributed by atoms with Crippen molar-refractivity contribution >= 4 is 11.4 Å². The summed E-state index contributed by atoms with van der Waals surface area (Å²) in [5, 5.41) is 18.0. The molecule has 2 fully saturated rings. The Morgan fingerprint density at radius 3 is 2.71 bits per heavy atom. The molecule has 1 saturated heterocycles. The van der Waals surface area contributed by atoms with Crippen molar-refractivity contribution in [2.45, 2.75) is 25.3 Å². The van der Waals surface area contributed by atoms with Gasteiger partial charge in [-0.2, -0.15) is 15.5 Å². The van der Waals surface area contributed by atoms with Gasteiger partial charge in [-0.25, -0.2) is 4.52 Å². The number of hydrogen-bond acceptors (Lipinski definition) is 5. The molecule has 0 bridgehead atoms. The van der Waals surface area contributed by atoms with Crippen LogP contribution in [0.3, 0.4) is 0 Å². The van der Waals surface area contributed by atoms with E-state index in [-0.39, 0.29) is 12.0 Å². The number of aromatic nitrogens is 4. The number of carbonyl (C=O) groups excluding carboxylic acids is 1. The molecule has 1 aliphatic carbocycles. The number of rotatable bonds is 4. The summed E-state index contributed by atoms with van der Waals surface area (Å²) >= 11 is 0. The summed E-state index contributed by atoms with van der Waals surface area (Å²) in [6.45, 7) is 1.45. The van der Waals surface area contributed by atoms with Crippen LogP contribution in [0.15, 0.2) is 30.9 Å². The molecule has 0 aromatic carbocycles. The fourth-order valence-corrected chi connectivity index (χ4v) is 3.88. The SMILES string of the molecule is COc1cc(-c2cnn(C3CN(C(=O)C4CCC4)C3)c2)cn2ncc(C#N)c12. The van der Waals surface area contributed by atoms with Crippen LogP contribution in [0.4, 0.5) is 0 Å². The second-order valence-electron chi connectivity index (χ2n) is 7.49. The number of hydrogen-bond donors (Lipinski definition) is 0. The van der Waals surface area contributed by atoms with E-state index in [1.165, 1.54) is 12.6 Å². The van der Waals surface area contributed by atoms with Crippen molar-refractivity contribution in [3.8, 4) is 22.9 Å². The van der Waals surface area contributed by atoms with Gasteiger partial charge in [-0.3, -0.25) is 9.48 Å². The van der Waals surface area contributed by atoms with E-state index in [9.17, 15) is 10.1 Å². The first-order valence-electron chi connectivity index (χ1n) is 9.46. The third kappa shape index (κ3) is 2.54. The second-order valence-corrected chi connectivity index (χ2v) is 7.49. The van der Waals surface area contributed by atoms with Crippen LogP contribution < -0.4 is 4.74 Å². The van der Waals surface area contributed by atoms with Crippen LogP contribution >= 0.6 is 0 Å². The zero-order valence-electron chi connectivity index (χ0n) is 15.6. The maximum absolute atomic E-state index is 12.3. The molecule has 3 aromatic heterocycles. The Hall–Kier alpha value is -3.34. The van der Waals surface area contributed by atoms with Gasteiger partial charge >= 0.3 is 0 Å². The topological polar surface area (TPSA) is 88.4 Å². The average molecular weight is 376 g/mol. The predicted octanol–water partition coefficient (Wildman–Crippen LogP) is 2.26. The van der Waals surface area contributed by atoms with Crippen LogP contribution in [0.2, 0.25) is 0 Å². The summed E-state index contributed by atoms with van der Waals surface area (Å²) in [6.07, 6.45) is 10.5. The van der Waals surface area contributed by atoms with Crippen LogP contribution in [0.1, 0.15) is 30.9 Å². The third-order valence-electron chi connectivity index (χ3n) is 5.85. The lowest BCUT2D eigenvalue weighted by Gasteiger charge is -2.42. The minimum absolute atomic E-state index is 0.221. The molecule has 0 atom stereocenters. The smallest absolute Gasteiger partial charge is 0.225 e. The molecule has 1 amide bonds. The molecule has 8 heteroatoms. The summed E-state index contributed by atoms with van der Waals surface area (Å²) in [5.74, 6) is 1.15. The lowest BCUT2D eigenvalue weighted by Crippen LogP contribution is -2.53. The molecular formula is C20H20N6O2. The maximum atomic E-state index is 12.3. The number of amides is 1. The van der Waals surface area contributed by atoms with E-state index in [2.05, 4.69) is 16.3 Å². The van der Waals surface area contributed by atoms with Crippen LogP contribution in [0.5, 0.6) is 5.75 Å². The first kappa shape index (κ1) is 16.8. The van der Waals surface area contributed by atoms with Crippen LogP contribution in [-0.2, 0) is 4.79 Å². The highest BCUT2D eigenvalue weighted by Crippen LogP contribution is 2.33. The van der Waals surface area contributed by atoms with E-state index in [0.29, 0.717) is 22.7 Å². The van der Waals surface area contributed by atoms with Crippen molar-refractivity contribution in [1.82, 2.24) is 24.3 Å². The number of nitriles is 1. The number of ether oxygens (including phenoxy) is 1. The molecule has 5 rings (SSSR count). The van der Waals surface area contributed by atoms with Crippen molar-refractivity contribution in [3.05, 3.63) is 36.4 Å². The standard InChI is InChI=1S/C20H20N6O2/c1-28-18-5-14(9-26-19(18)15(6-21)7-23-26)16-8-22-25(10-16)17-11-24(12-17)20(27)13-3-2-4-13/h5,7-10,13,17H,2-4,11-12H2,1H3. The van der Waals surface area contributed by atoms with Crippen LogP contribution in [0, 0.1) is 17.2 Å². The van der Waals surface area contributed by atoms with Crippen molar-refractivity contribution in [2.24, 2.45) is 5.92 Å². The number of nitrogens with zero attached hydrogens (tertiary/aromatic N) is 6. The van der Waals surface area contributed by atoms with Gasteiger partial charge < -0.3 is 9.64 Å². The molecule has 1 aliphatic heterocycles. The molecule has 8 nitrogen and oxygen atoms in total. The van der Waals surface area contributed by atoms with E-state index in [1.54, 1.807) is 11.6 Å². The molecule has 4 heterocycles. The highest BCUT2D eigenvalue weighted by Gasteiger charge is 2.37. The van der Waals surface area contributed by atoms with Gasteiger partial charge in [-0.15, -0.1) is 0 Å². The van der Waals surface area contributed by atoms with E-state index in [4.69, 9.17) is 4.74 Å². The van der Waals surface area contributed by atoms with Crippen molar-refractivity contribution in [3.63, 3.8) is 0 Å². The molecule has 3 aromatic rings. The highest BCUT2D eigenvalue weighted by atomic mass is 16.5. The van der Waals surface area contributed by atoms with E-state index in [0.717, 1.165) is 37.1 Å². The molecule has 0 radical (unpaired) electrons. The number of carbonyl (C=O) groups is 1. The summed E-state index contributed by atoms with van der Waals surface area (Å²) in [5.41, 5.74) is 2.98. The van der Waals surface area contributed by atoms with Gasteiger partial charge in [-0.1, -0.05) is 6.42 Å². The minimum atomic E-state index is 0.221. The molecule has 2 aliphatic rings. The average Bonchev–Trinajstić information content (AvgIpc) is 3.25. The van der Waals surface area contributed by atoms with E-state index in [1.807, 2.05) is 34.2 Å². The second kappa shape index (κ2) is 6.37. The summed E-state index contributed by atoms with van der Waals surface area (Å²) in [4.78, 5) is 14.2. The lowest BCUT2D eigenvalue weighted by atomic mass is 9.83. The largest absolute Gasteiger partial charge is 0.494 e. The van der Waals surface area contributed by atoms with Gasteiger partial charge in [0.15, 0.2) is 0 Å². The molecule has 1 saturated carbocycles. The van der Waals surface area contributed by atoms with Gasteiger partial charge in [0.2, 0.25) is 5.91 Å². The normalized spacial score (nSPS) is 17.2. The number of likely N-dealkylation sites (tertiary alicyclic amines) is 1. The molecule has 0 spiro atoms. The van der Waals surface area contributed by atoms with Gasteiger partial charge in [-0.05, 0) is 18.9 Å². The molecule has 28 heavy (non-hydrogen) atoms. The first-order chi connectivity index (χ1) is 13.7. The Bertz CT molecular complexity index is 1100. The highest BCUT2D eigenvalue weighted by molar-refractivity contribution is 5.80. The summed E-state index contributed by atoms with van der Waals surface area (Å²) in [6, 6.07) is 4.25. The fraction of sp³-hybridized carbons (Fsp3) is 0.400. The Labute approximate surface area is 161 Å². The van der Waals surface area contributed by atoms with Gasteiger partial charge in [0.25, 0.3) is 0 Å².